The lowest BCUT2D eigenvalue weighted by atomic mass is 9.78. The normalized spacial score (nSPS) is 19.1. The number of thiophene rings is 1. The SMILES string of the molecule is Cc1sc(NC(=O)[C@@H]2CCCC[C@H]2C(=O)O)c(C(N)=O)c1-c1ccc(C(C)(C)C)cc1. The quantitative estimate of drug-likeness (QED) is 0.608. The Kier molecular flexibility index (Phi) is 6.55. The fraction of sp³-hybridized carbons (Fsp3) is 0.458. The molecule has 0 aliphatic heterocycles. The second-order valence-corrected chi connectivity index (χ2v) is 10.5. The molecule has 4 N–H and O–H groups in total. The molecule has 0 saturated heterocycles. The van der Waals surface area contributed by atoms with Gasteiger partial charge in [0.15, 0.2) is 0 Å². The number of nitrogens with two attached hydrogens (primary N) is 1. The summed E-state index contributed by atoms with van der Waals surface area (Å²) in [5.74, 6) is -3.23. The number of amides is 2. The summed E-state index contributed by atoms with van der Waals surface area (Å²) in [4.78, 5) is 37.8. The molecule has 166 valence electrons. The first-order valence-corrected chi connectivity index (χ1v) is 11.4. The number of carbonyl (C=O) groups is 3. The second kappa shape index (κ2) is 8.83. The zero-order valence-electron chi connectivity index (χ0n) is 18.5. The summed E-state index contributed by atoms with van der Waals surface area (Å²) in [5.41, 5.74) is 8.75. The lowest BCUT2D eigenvalue weighted by Crippen LogP contribution is -2.36. The molecule has 1 aromatic heterocycles. The molecule has 1 aromatic carbocycles. The predicted octanol–water partition coefficient (Wildman–Crippen LogP) is 4.95. The molecular weight excluding hydrogens is 412 g/mol. The maximum absolute atomic E-state index is 12.9. The second-order valence-electron chi connectivity index (χ2n) is 9.25. The molecule has 2 amide bonds. The van der Waals surface area contributed by atoms with Crippen molar-refractivity contribution in [2.24, 2.45) is 17.6 Å². The lowest BCUT2D eigenvalue weighted by molar-refractivity contribution is -0.147. The molecule has 7 heteroatoms. The number of benzene rings is 1. The largest absolute Gasteiger partial charge is 0.481 e. The van der Waals surface area contributed by atoms with Crippen molar-refractivity contribution in [3.05, 3.63) is 40.3 Å². The first-order valence-electron chi connectivity index (χ1n) is 10.6. The smallest absolute Gasteiger partial charge is 0.307 e. The van der Waals surface area contributed by atoms with E-state index < -0.39 is 23.7 Å². The number of carboxylic acid groups (broad SMARTS) is 1. The highest BCUT2D eigenvalue weighted by Crippen LogP contribution is 2.41. The van der Waals surface area contributed by atoms with Crippen LogP contribution in [0.2, 0.25) is 0 Å². The van der Waals surface area contributed by atoms with E-state index in [1.807, 2.05) is 31.2 Å². The number of anilines is 1. The summed E-state index contributed by atoms with van der Waals surface area (Å²) in [6.45, 7) is 8.29. The van der Waals surface area contributed by atoms with Crippen LogP contribution < -0.4 is 11.1 Å². The molecule has 0 spiro atoms. The van der Waals surface area contributed by atoms with Gasteiger partial charge in [0.05, 0.1) is 17.4 Å². The molecule has 1 fully saturated rings. The summed E-state index contributed by atoms with van der Waals surface area (Å²) >= 11 is 1.30. The molecular formula is C24H30N2O4S. The van der Waals surface area contributed by atoms with Crippen LogP contribution in [-0.2, 0) is 15.0 Å². The Bertz CT molecular complexity index is 1000. The molecule has 0 bridgehead atoms. The monoisotopic (exact) mass is 442 g/mol. The first kappa shape index (κ1) is 23.0. The van der Waals surface area contributed by atoms with Gasteiger partial charge in [-0.15, -0.1) is 11.3 Å². The molecule has 6 nitrogen and oxygen atoms in total. The highest BCUT2D eigenvalue weighted by atomic mass is 32.1. The zero-order valence-corrected chi connectivity index (χ0v) is 19.3. The van der Waals surface area contributed by atoms with Crippen LogP contribution >= 0.6 is 11.3 Å². The van der Waals surface area contributed by atoms with E-state index in [1.54, 1.807) is 0 Å². The Hall–Kier alpha value is -2.67. The summed E-state index contributed by atoms with van der Waals surface area (Å²) in [6, 6.07) is 8.01. The Labute approximate surface area is 186 Å². The fourth-order valence-corrected chi connectivity index (χ4v) is 5.38. The van der Waals surface area contributed by atoms with Crippen molar-refractivity contribution in [2.75, 3.05) is 5.32 Å². The van der Waals surface area contributed by atoms with Gasteiger partial charge in [0, 0.05) is 10.4 Å². The molecule has 2 aromatic rings. The van der Waals surface area contributed by atoms with E-state index in [4.69, 9.17) is 5.73 Å². The number of nitrogens with one attached hydrogen (secondary N) is 1. The van der Waals surface area contributed by atoms with Crippen LogP contribution in [0, 0.1) is 18.8 Å². The van der Waals surface area contributed by atoms with Gasteiger partial charge in [-0.1, -0.05) is 57.9 Å². The van der Waals surface area contributed by atoms with Crippen molar-refractivity contribution in [1.29, 1.82) is 0 Å². The summed E-state index contributed by atoms with van der Waals surface area (Å²) < 4.78 is 0. The number of carbonyl (C=O) groups excluding carboxylic acids is 2. The summed E-state index contributed by atoms with van der Waals surface area (Å²) in [5, 5.41) is 12.7. The zero-order chi connectivity index (χ0) is 22.9. The third-order valence-electron chi connectivity index (χ3n) is 6.03. The summed E-state index contributed by atoms with van der Waals surface area (Å²) in [6.07, 6.45) is 2.64. The number of rotatable bonds is 5. The van der Waals surface area contributed by atoms with Gasteiger partial charge in [-0.25, -0.2) is 0 Å². The molecule has 0 radical (unpaired) electrons. The van der Waals surface area contributed by atoms with Crippen LogP contribution in [0.25, 0.3) is 11.1 Å². The molecule has 1 aliphatic carbocycles. The minimum atomic E-state index is -0.947. The molecule has 31 heavy (non-hydrogen) atoms. The number of aryl methyl sites for hydroxylation is 1. The predicted molar refractivity (Wildman–Crippen MR) is 123 cm³/mol. The van der Waals surface area contributed by atoms with Crippen molar-refractivity contribution in [3.8, 4) is 11.1 Å². The number of hydrogen-bond donors (Lipinski definition) is 3. The van der Waals surface area contributed by atoms with E-state index in [1.165, 1.54) is 16.9 Å². The lowest BCUT2D eigenvalue weighted by Gasteiger charge is -2.27. The van der Waals surface area contributed by atoms with Gasteiger partial charge in [-0.2, -0.15) is 0 Å². The van der Waals surface area contributed by atoms with E-state index in [0.717, 1.165) is 23.3 Å². The Morgan fingerprint density at radius 3 is 2.16 bits per heavy atom. The van der Waals surface area contributed by atoms with Crippen molar-refractivity contribution in [1.82, 2.24) is 0 Å². The van der Waals surface area contributed by atoms with Crippen molar-refractivity contribution < 1.29 is 19.5 Å². The Morgan fingerprint density at radius 2 is 1.65 bits per heavy atom. The van der Waals surface area contributed by atoms with Crippen molar-refractivity contribution in [2.45, 2.75) is 58.8 Å². The van der Waals surface area contributed by atoms with Crippen molar-refractivity contribution >= 4 is 34.1 Å². The topological polar surface area (TPSA) is 109 Å². The number of carboxylic acids is 1. The van der Waals surface area contributed by atoms with E-state index in [9.17, 15) is 19.5 Å². The first-order chi connectivity index (χ1) is 14.5. The van der Waals surface area contributed by atoms with Crippen LogP contribution in [-0.4, -0.2) is 22.9 Å². The minimum absolute atomic E-state index is 0.00848. The fourth-order valence-electron chi connectivity index (χ4n) is 4.30. The van der Waals surface area contributed by atoms with Gasteiger partial charge in [0.2, 0.25) is 5.91 Å². The van der Waals surface area contributed by atoms with Crippen LogP contribution in [0.3, 0.4) is 0 Å². The van der Waals surface area contributed by atoms with Crippen molar-refractivity contribution in [3.63, 3.8) is 0 Å². The van der Waals surface area contributed by atoms with Crippen LogP contribution in [0.5, 0.6) is 0 Å². The molecule has 1 saturated carbocycles. The van der Waals surface area contributed by atoms with Gasteiger partial charge in [-0.05, 0) is 36.3 Å². The minimum Gasteiger partial charge on any atom is -0.481 e. The maximum atomic E-state index is 12.9. The number of aliphatic carboxylic acids is 1. The van der Waals surface area contributed by atoms with Crippen LogP contribution in [0.4, 0.5) is 5.00 Å². The molecule has 1 aliphatic rings. The number of hydrogen-bond acceptors (Lipinski definition) is 4. The average Bonchev–Trinajstić information content (AvgIpc) is 3.03. The van der Waals surface area contributed by atoms with E-state index in [-0.39, 0.29) is 16.9 Å². The molecule has 2 atom stereocenters. The van der Waals surface area contributed by atoms with Crippen LogP contribution in [0.1, 0.15) is 67.3 Å². The average molecular weight is 443 g/mol. The third kappa shape index (κ3) is 4.82. The van der Waals surface area contributed by atoms with E-state index >= 15 is 0 Å². The van der Waals surface area contributed by atoms with Gasteiger partial charge in [-0.3, -0.25) is 14.4 Å². The van der Waals surface area contributed by atoms with Gasteiger partial charge < -0.3 is 16.2 Å². The van der Waals surface area contributed by atoms with Gasteiger partial charge in [0.25, 0.3) is 5.91 Å². The van der Waals surface area contributed by atoms with Gasteiger partial charge in [0.1, 0.15) is 5.00 Å². The Morgan fingerprint density at radius 1 is 1.06 bits per heavy atom. The summed E-state index contributed by atoms with van der Waals surface area (Å²) in [7, 11) is 0. The third-order valence-corrected chi connectivity index (χ3v) is 7.05. The molecule has 0 unspecified atom stereocenters. The van der Waals surface area contributed by atoms with Gasteiger partial charge >= 0.3 is 5.97 Å². The van der Waals surface area contributed by atoms with Crippen LogP contribution in [0.15, 0.2) is 24.3 Å². The standard InChI is InChI=1S/C24H30N2O4S/c1-13-18(14-9-11-15(12-10-14)24(2,3)4)19(20(25)27)22(31-13)26-21(28)16-7-5-6-8-17(16)23(29)30/h9-12,16-17H,5-8H2,1-4H3,(H2,25,27)(H,26,28)(H,29,30)/t16-,17-/m1/s1. The highest BCUT2D eigenvalue weighted by molar-refractivity contribution is 7.17. The molecule has 3 rings (SSSR count). The highest BCUT2D eigenvalue weighted by Gasteiger charge is 2.36. The molecule has 1 heterocycles. The van der Waals surface area contributed by atoms with E-state index in [0.29, 0.717) is 23.4 Å². The number of primary amides is 1. The van der Waals surface area contributed by atoms with E-state index in [2.05, 4.69) is 26.1 Å². The maximum Gasteiger partial charge on any atom is 0.307 e. The Balaban J connectivity index is 1.95.